The Balaban J connectivity index is 0.000000922. The van der Waals surface area contributed by atoms with Crippen molar-refractivity contribution in [1.82, 2.24) is 0 Å². The van der Waals surface area contributed by atoms with Gasteiger partial charge in [0.25, 0.3) is 0 Å². The Morgan fingerprint density at radius 3 is 2.08 bits per heavy atom. The van der Waals surface area contributed by atoms with Crippen LogP contribution in [0.2, 0.25) is 0 Å². The third-order valence-electron chi connectivity index (χ3n) is 3.47. The van der Waals surface area contributed by atoms with Gasteiger partial charge in [0.1, 0.15) is 5.75 Å². The summed E-state index contributed by atoms with van der Waals surface area (Å²) in [6.07, 6.45) is 9.31. The first-order valence-corrected chi connectivity index (χ1v) is 9.90. The van der Waals surface area contributed by atoms with Crippen LogP contribution in [0.15, 0.2) is 24.3 Å². The summed E-state index contributed by atoms with van der Waals surface area (Å²) in [5.41, 5.74) is 1.06. The Kier molecular flexibility index (Phi) is 15.3. The third kappa shape index (κ3) is 13.7. The van der Waals surface area contributed by atoms with Crippen molar-refractivity contribution >= 4 is 8.60 Å². The lowest BCUT2D eigenvalue weighted by Gasteiger charge is -2.10. The predicted molar refractivity (Wildman–Crippen MR) is 98.9 cm³/mol. The van der Waals surface area contributed by atoms with Gasteiger partial charge in [-0.1, -0.05) is 63.6 Å². The molecule has 140 valence electrons. The Morgan fingerprint density at radius 2 is 1.54 bits per heavy atom. The van der Waals surface area contributed by atoms with Crippen LogP contribution in [0.25, 0.3) is 0 Å². The number of hydrogen-bond donors (Lipinski definition) is 4. The molecule has 0 saturated carbocycles. The smallest absolute Gasteiger partial charge is 0.391 e. The van der Waals surface area contributed by atoms with E-state index in [9.17, 15) is 0 Å². The van der Waals surface area contributed by atoms with Crippen LogP contribution in [-0.4, -0.2) is 32.7 Å². The summed E-state index contributed by atoms with van der Waals surface area (Å²) in [7, 11) is -2.32. The highest BCUT2D eigenvalue weighted by Gasteiger charge is 2.07. The average molecular weight is 360 g/mol. The first-order chi connectivity index (χ1) is 11.5. The van der Waals surface area contributed by atoms with Crippen LogP contribution in [0.3, 0.4) is 0 Å². The zero-order chi connectivity index (χ0) is 18.2. The molecule has 1 atom stereocenters. The van der Waals surface area contributed by atoms with E-state index in [4.69, 9.17) is 24.5 Å². The molecule has 0 aliphatic heterocycles. The van der Waals surface area contributed by atoms with Crippen molar-refractivity contribution in [1.29, 1.82) is 0 Å². The molecular formula is C18H33O5P. The summed E-state index contributed by atoms with van der Waals surface area (Å²) in [4.78, 5) is 17.8. The van der Waals surface area contributed by atoms with E-state index in [2.05, 4.69) is 6.92 Å². The molecule has 0 spiro atoms. The molecule has 6 heteroatoms. The molecule has 1 aromatic rings. The summed E-state index contributed by atoms with van der Waals surface area (Å²) in [5, 5.41) is 16.0. The molecule has 1 unspecified atom stereocenters. The second-order valence-corrected chi connectivity index (χ2v) is 6.54. The second-order valence-electron chi connectivity index (χ2n) is 5.85. The van der Waals surface area contributed by atoms with Gasteiger partial charge >= 0.3 is 8.60 Å². The largest absolute Gasteiger partial charge is 0.427 e. The van der Waals surface area contributed by atoms with Gasteiger partial charge in [0.05, 0.1) is 12.7 Å². The standard InChI is InChI=1S/C15H25O3P.C3H8O2/c1-2-3-4-5-6-7-8-11-14-12-9-10-13-15(14)18-19(16)17;1-3(5)2-4/h9-10,12-13,16-17H,2-8,11H2,1H3;3-5H,2H2,1H3. The number of unbranched alkanes of at least 4 members (excludes halogenated alkanes) is 6. The minimum absolute atomic E-state index is 0.139. The van der Waals surface area contributed by atoms with E-state index in [-0.39, 0.29) is 6.61 Å². The summed E-state index contributed by atoms with van der Waals surface area (Å²) >= 11 is 0. The van der Waals surface area contributed by atoms with E-state index in [1.807, 2.05) is 18.2 Å². The molecule has 0 bridgehead atoms. The van der Waals surface area contributed by atoms with Gasteiger partial charge in [0.2, 0.25) is 0 Å². The molecule has 0 aliphatic rings. The van der Waals surface area contributed by atoms with Gasteiger partial charge in [-0.2, -0.15) is 0 Å². The summed E-state index contributed by atoms with van der Waals surface area (Å²) < 4.78 is 5.03. The zero-order valence-electron chi connectivity index (χ0n) is 14.9. The summed E-state index contributed by atoms with van der Waals surface area (Å²) in [6.45, 7) is 3.62. The van der Waals surface area contributed by atoms with Crippen molar-refractivity contribution in [2.45, 2.75) is 71.3 Å². The van der Waals surface area contributed by atoms with Crippen molar-refractivity contribution < 1.29 is 24.5 Å². The van der Waals surface area contributed by atoms with Crippen molar-refractivity contribution in [2.24, 2.45) is 0 Å². The van der Waals surface area contributed by atoms with Gasteiger partial charge in [0, 0.05) is 0 Å². The molecule has 4 N–H and O–H groups in total. The Hall–Kier alpha value is -0.710. The number of para-hydroxylation sites is 1. The minimum Gasteiger partial charge on any atom is -0.427 e. The van der Waals surface area contributed by atoms with Crippen molar-refractivity contribution in [3.05, 3.63) is 29.8 Å². The molecule has 1 aromatic carbocycles. The van der Waals surface area contributed by atoms with E-state index < -0.39 is 14.7 Å². The van der Waals surface area contributed by atoms with Crippen LogP contribution in [-0.2, 0) is 6.42 Å². The van der Waals surface area contributed by atoms with Crippen molar-refractivity contribution in [3.63, 3.8) is 0 Å². The normalized spacial score (nSPS) is 11.8. The van der Waals surface area contributed by atoms with Gasteiger partial charge in [-0.3, -0.25) is 0 Å². The van der Waals surface area contributed by atoms with E-state index in [1.165, 1.54) is 45.4 Å². The highest BCUT2D eigenvalue weighted by Crippen LogP contribution is 2.32. The fourth-order valence-corrected chi connectivity index (χ4v) is 2.51. The van der Waals surface area contributed by atoms with E-state index in [0.717, 1.165) is 18.4 Å². The Morgan fingerprint density at radius 1 is 1.00 bits per heavy atom. The van der Waals surface area contributed by atoms with Crippen LogP contribution in [0.1, 0.15) is 64.4 Å². The molecule has 5 nitrogen and oxygen atoms in total. The topological polar surface area (TPSA) is 90.2 Å². The van der Waals surface area contributed by atoms with E-state index in [1.54, 1.807) is 6.07 Å². The lowest BCUT2D eigenvalue weighted by atomic mass is 10.0. The van der Waals surface area contributed by atoms with Gasteiger partial charge in [-0.25, -0.2) is 0 Å². The average Bonchev–Trinajstić information content (AvgIpc) is 2.55. The van der Waals surface area contributed by atoms with Gasteiger partial charge < -0.3 is 24.5 Å². The number of hydrogen-bond acceptors (Lipinski definition) is 5. The van der Waals surface area contributed by atoms with Gasteiger partial charge in [0.15, 0.2) is 0 Å². The molecule has 0 amide bonds. The maximum absolute atomic E-state index is 8.92. The number of aliphatic hydroxyl groups excluding tert-OH is 2. The third-order valence-corrected chi connectivity index (χ3v) is 3.83. The molecule has 0 radical (unpaired) electrons. The van der Waals surface area contributed by atoms with Crippen LogP contribution in [0.4, 0.5) is 0 Å². The Labute approximate surface area is 147 Å². The van der Waals surface area contributed by atoms with Crippen LogP contribution in [0, 0.1) is 0 Å². The highest BCUT2D eigenvalue weighted by molar-refractivity contribution is 7.39. The minimum atomic E-state index is -2.32. The first-order valence-electron chi connectivity index (χ1n) is 8.73. The zero-order valence-corrected chi connectivity index (χ0v) is 15.8. The number of aryl methyl sites for hydroxylation is 1. The highest BCUT2D eigenvalue weighted by atomic mass is 31.2. The fraction of sp³-hybridized carbons (Fsp3) is 0.667. The molecule has 0 fully saturated rings. The summed E-state index contributed by atoms with van der Waals surface area (Å²) in [5.74, 6) is 0.601. The van der Waals surface area contributed by atoms with Gasteiger partial charge in [-0.05, 0) is 31.4 Å². The maximum Gasteiger partial charge on any atom is 0.391 e. The fourth-order valence-electron chi connectivity index (χ4n) is 2.16. The van der Waals surface area contributed by atoms with Crippen molar-refractivity contribution in [2.75, 3.05) is 6.61 Å². The summed E-state index contributed by atoms with van der Waals surface area (Å²) in [6, 6.07) is 7.59. The number of benzene rings is 1. The van der Waals surface area contributed by atoms with Crippen LogP contribution >= 0.6 is 8.60 Å². The van der Waals surface area contributed by atoms with Gasteiger partial charge in [-0.15, -0.1) is 0 Å². The quantitative estimate of drug-likeness (QED) is 0.355. The maximum atomic E-state index is 8.92. The van der Waals surface area contributed by atoms with Crippen LogP contribution < -0.4 is 4.52 Å². The Bertz CT molecular complexity index is 399. The molecule has 0 aromatic heterocycles. The SMILES string of the molecule is CC(O)CO.CCCCCCCCCc1ccccc1OP(O)O. The van der Waals surface area contributed by atoms with Crippen LogP contribution in [0.5, 0.6) is 5.75 Å². The van der Waals surface area contributed by atoms with Crippen molar-refractivity contribution in [3.8, 4) is 5.75 Å². The molecule has 0 heterocycles. The number of aliphatic hydroxyl groups is 2. The molecular weight excluding hydrogens is 327 g/mol. The molecule has 1 rings (SSSR count). The molecule has 0 saturated heterocycles. The first kappa shape index (κ1) is 23.3. The lowest BCUT2D eigenvalue weighted by molar-refractivity contribution is 0.110. The molecule has 24 heavy (non-hydrogen) atoms. The lowest BCUT2D eigenvalue weighted by Crippen LogP contribution is -2.03. The second kappa shape index (κ2) is 15.8. The predicted octanol–water partition coefficient (Wildman–Crippen LogP) is 3.93. The monoisotopic (exact) mass is 360 g/mol. The molecule has 0 aliphatic carbocycles. The number of rotatable bonds is 11. The van der Waals surface area contributed by atoms with E-state index >= 15 is 0 Å². The van der Waals surface area contributed by atoms with E-state index in [0.29, 0.717) is 5.75 Å².